The number of thiazole rings is 2. The van der Waals surface area contributed by atoms with E-state index in [0.29, 0.717) is 71.2 Å². The van der Waals surface area contributed by atoms with Crippen LogP contribution in [-0.4, -0.2) is 77.1 Å². The summed E-state index contributed by atoms with van der Waals surface area (Å²) in [5, 5.41) is 29.1. The second-order valence-electron chi connectivity index (χ2n) is 22.8. The van der Waals surface area contributed by atoms with Crippen LogP contribution in [0.15, 0.2) is 218 Å². The Balaban J connectivity index is 1.19. The molecule has 0 aliphatic heterocycles. The highest BCUT2D eigenvalue weighted by Crippen LogP contribution is 2.31. The average molecular weight is 1390 g/mol. The van der Waals surface area contributed by atoms with Crippen LogP contribution >= 0.6 is 34.6 Å². The number of hydrogen-bond acceptors (Lipinski definition) is 13. The normalized spacial score (nSPS) is 15.1. The predicted octanol–water partition coefficient (Wildman–Crippen LogP) is 10.0. The number of halogens is 6. The minimum atomic E-state index is -5.88. The maximum absolute atomic E-state index is 13.1. The van der Waals surface area contributed by atoms with Gasteiger partial charge in [0.15, 0.2) is 0 Å². The molecular formula is C72H56B2F6N8O6S4. The Morgan fingerprint density at radius 3 is 1.27 bits per heavy atom. The zero-order valence-electron chi connectivity index (χ0n) is 51.9. The number of sulfonamides is 1. The summed E-state index contributed by atoms with van der Waals surface area (Å²) >= 11 is 2.15. The van der Waals surface area contributed by atoms with Crippen molar-refractivity contribution in [2.24, 2.45) is 0 Å². The van der Waals surface area contributed by atoms with Crippen LogP contribution in [0.4, 0.5) is 26.3 Å². The number of nitriles is 2. The van der Waals surface area contributed by atoms with Gasteiger partial charge in [-0.25, -0.2) is 14.7 Å². The number of fused-ring (bicyclic) bond motifs is 3. The number of hydrogen-bond donors (Lipinski definition) is 2. The maximum atomic E-state index is 13.1. The number of ether oxygens (including phenoxy) is 2. The van der Waals surface area contributed by atoms with Gasteiger partial charge in [0.1, 0.15) is 44.8 Å². The third-order valence-corrected chi connectivity index (χ3v) is 20.1. The minimum Gasteiger partial charge on any atom is -0.494 e. The number of allylic oxidation sites excluding steroid dienone is 6. The van der Waals surface area contributed by atoms with Gasteiger partial charge in [0.2, 0.25) is 11.8 Å². The molecule has 4 aromatic heterocycles. The van der Waals surface area contributed by atoms with Crippen molar-refractivity contribution in [3.8, 4) is 12.1 Å². The molecule has 0 spiro atoms. The highest BCUT2D eigenvalue weighted by Gasteiger charge is 2.47. The number of carbonyl (C=O) groups excluding carboxylic acids is 2. The van der Waals surface area contributed by atoms with E-state index in [-0.39, 0.29) is 62.9 Å². The Morgan fingerprint density at radius 1 is 0.541 bits per heavy atom. The lowest BCUT2D eigenvalue weighted by Gasteiger charge is -2.22. The van der Waals surface area contributed by atoms with Crippen LogP contribution in [0.5, 0.6) is 0 Å². The van der Waals surface area contributed by atoms with Gasteiger partial charge in [0, 0.05) is 34.3 Å². The Bertz CT molecular complexity index is 5060. The van der Waals surface area contributed by atoms with Crippen molar-refractivity contribution in [3.05, 3.63) is 249 Å². The summed E-state index contributed by atoms with van der Waals surface area (Å²) in [5.41, 5.74) is -3.59. The van der Waals surface area contributed by atoms with Crippen LogP contribution in [-0.2, 0) is 29.1 Å². The van der Waals surface area contributed by atoms with E-state index in [2.05, 4.69) is 21.1 Å². The zero-order chi connectivity index (χ0) is 68.6. The van der Waals surface area contributed by atoms with E-state index in [4.69, 9.17) is 19.4 Å². The van der Waals surface area contributed by atoms with Crippen molar-refractivity contribution in [3.63, 3.8) is 0 Å². The number of carbonyl (C=O) groups is 2. The topological polar surface area (TPSA) is 194 Å². The first-order valence-corrected chi connectivity index (χ1v) is 35.0. The third kappa shape index (κ3) is 14.9. The van der Waals surface area contributed by atoms with Crippen molar-refractivity contribution < 1.29 is 53.8 Å². The van der Waals surface area contributed by atoms with E-state index in [0.717, 1.165) is 47.1 Å². The lowest BCUT2D eigenvalue weighted by molar-refractivity contribution is -0.120. The molecule has 0 fully saturated rings. The van der Waals surface area contributed by atoms with Crippen LogP contribution < -0.4 is 52.7 Å². The van der Waals surface area contributed by atoms with Gasteiger partial charge in [-0.3, -0.25) is 14.3 Å². The van der Waals surface area contributed by atoms with E-state index in [1.807, 2.05) is 205 Å². The second-order valence-corrected chi connectivity index (χ2v) is 27.4. The van der Waals surface area contributed by atoms with Crippen LogP contribution in [0.25, 0.3) is 53.5 Å². The Morgan fingerprint density at radius 2 is 0.918 bits per heavy atom. The van der Waals surface area contributed by atoms with E-state index in [9.17, 15) is 54.9 Å². The van der Waals surface area contributed by atoms with Crippen LogP contribution in [0.3, 0.4) is 0 Å². The molecule has 2 aliphatic rings. The molecule has 10 aromatic rings. The maximum Gasteiger partial charge on any atom is 0.516 e. The molecule has 4 heterocycles. The van der Waals surface area contributed by atoms with Crippen molar-refractivity contribution in [1.29, 1.82) is 10.5 Å². The van der Waals surface area contributed by atoms with Gasteiger partial charge in [-0.05, 0) is 98.2 Å². The summed E-state index contributed by atoms with van der Waals surface area (Å²) < 4.78 is 123. The molecular weight excluding hydrogens is 1340 g/mol. The first kappa shape index (κ1) is 67.9. The number of amides is 2. The van der Waals surface area contributed by atoms with Crippen molar-refractivity contribution in [1.82, 2.24) is 28.4 Å². The van der Waals surface area contributed by atoms with Crippen LogP contribution in [0, 0.1) is 22.7 Å². The molecule has 492 valence electrons. The fraction of sp³-hybridized carbons (Fsp3) is 0.167. The summed E-state index contributed by atoms with van der Waals surface area (Å²) in [5.74, 6) is -1.13. The molecule has 14 nitrogen and oxygen atoms in total. The Hall–Kier alpha value is -10.1. The predicted molar refractivity (Wildman–Crippen MR) is 376 cm³/mol. The average Bonchev–Trinajstić information content (AvgIpc) is 1.52. The minimum absolute atomic E-state index is 0.00831. The van der Waals surface area contributed by atoms with Gasteiger partial charge < -0.3 is 18.4 Å². The largest absolute Gasteiger partial charge is 0.516 e. The van der Waals surface area contributed by atoms with Gasteiger partial charge >= 0.3 is 34.7 Å². The molecule has 26 heteroatoms. The summed E-state index contributed by atoms with van der Waals surface area (Å²) in [7, 11) is -5.88. The van der Waals surface area contributed by atoms with Crippen LogP contribution in [0.2, 0.25) is 0 Å². The number of benzene rings is 6. The third-order valence-electron chi connectivity index (χ3n) is 16.4. The molecule has 12 rings (SSSR count). The standard InChI is InChI=1S/C72H56B2F6N8O6S4/c75-71(76,77)97-85-61(89)33-17-19-43-93-53-39-35-47(36-40-53)65-63-64(68(56(46-82)70-84-58-30-14-16-32-60(58)96-70)87(65)73(49-21-5-1-6-22-49)50-23-7-2-8-24-50)66(48-37-41-54(42-38-48)94-44-20-18-34-62(90)86-98(91,92)72(78,79)80)88(74(51-25-9-3-10-26-51)52-27-11-4-12-28-52)67(63)55(45-81)69-83-57-29-13-15-31-59(57)95-69/h1-16,21-32,35,37,39-42H,17-20,33-34,36,38,43-44H2,(H,85,89)(H,86,90)/b65-47?,66-48?,67-55-,68-56-. The fourth-order valence-electron chi connectivity index (χ4n) is 12.1. The number of alkyl halides is 6. The highest BCUT2D eigenvalue weighted by atomic mass is 32.2. The van der Waals surface area contributed by atoms with Crippen molar-refractivity contribution in [2.75, 3.05) is 13.2 Å². The molecule has 2 amide bonds. The lowest BCUT2D eigenvalue weighted by Crippen LogP contribution is -2.59. The summed E-state index contributed by atoms with van der Waals surface area (Å²) in [6, 6.07) is 60.5. The number of rotatable bonds is 22. The van der Waals surface area contributed by atoms with Gasteiger partial charge in [-0.1, -0.05) is 180 Å². The van der Waals surface area contributed by atoms with Gasteiger partial charge in [-0.15, -0.1) is 22.7 Å². The number of nitrogens with one attached hydrogen (secondary N) is 2. The fourth-order valence-corrected chi connectivity index (χ4v) is 14.9. The molecule has 98 heavy (non-hydrogen) atoms. The second kappa shape index (κ2) is 29.7. The smallest absolute Gasteiger partial charge is 0.494 e. The summed E-state index contributed by atoms with van der Waals surface area (Å²) in [6.07, 6.45) is 11.9. The Kier molecular flexibility index (Phi) is 20.6. The van der Waals surface area contributed by atoms with E-state index in [1.54, 1.807) is 6.08 Å². The van der Waals surface area contributed by atoms with E-state index < -0.39 is 64.9 Å². The van der Waals surface area contributed by atoms with Crippen molar-refractivity contribution in [2.45, 2.75) is 62.4 Å². The zero-order valence-corrected chi connectivity index (χ0v) is 55.2. The molecule has 0 bridgehead atoms. The number of unbranched alkanes of at least 4 members (excludes halogenated alkanes) is 2. The summed E-state index contributed by atoms with van der Waals surface area (Å²) in [6.45, 7) is -1.24. The molecule has 0 saturated carbocycles. The van der Waals surface area contributed by atoms with E-state index >= 15 is 0 Å². The first-order valence-electron chi connectivity index (χ1n) is 31.1. The quantitative estimate of drug-likeness (QED) is 0.0284. The molecule has 0 saturated heterocycles. The SMILES string of the molecule is N#C/C(c1nc2ccccc2s1)=c1\c2c(=C3C=CC(OCCCCC(=O)NS(=O)(=O)C(F)(F)F)=CC3)n(B(c3ccccc3)c3ccccc3)/c(=C(/C#N)c3nc4ccccc4s3)c2c(=C2C=CC(OCCCCC(=O)NSC(F)(F)F)=CC2)n1B(c1ccccc1)c1ccccc1. The Labute approximate surface area is 571 Å². The molecule has 0 atom stereocenters. The monoisotopic (exact) mass is 1390 g/mol. The molecule has 6 aromatic carbocycles. The number of nitrogens with zero attached hydrogens (tertiary/aromatic N) is 6. The number of para-hydroxylation sites is 2. The lowest BCUT2D eigenvalue weighted by atomic mass is 9.50. The molecule has 0 unspecified atom stereocenters. The first-order chi connectivity index (χ1) is 47.4. The van der Waals surface area contributed by atoms with E-state index in [1.165, 1.54) is 22.7 Å². The van der Waals surface area contributed by atoms with Gasteiger partial charge in [0.25, 0.3) is 0 Å². The van der Waals surface area contributed by atoms with Crippen molar-refractivity contribution >= 4 is 146 Å². The molecule has 2 aliphatic carbocycles. The highest BCUT2D eigenvalue weighted by molar-refractivity contribution is 7.98. The van der Waals surface area contributed by atoms with Gasteiger partial charge in [0.05, 0.1) is 56.3 Å². The summed E-state index contributed by atoms with van der Waals surface area (Å²) in [4.78, 5) is 35.1. The van der Waals surface area contributed by atoms with Crippen LogP contribution in [0.1, 0.15) is 61.4 Å². The number of aromatic nitrogens is 4. The van der Waals surface area contributed by atoms with Gasteiger partial charge in [-0.2, -0.15) is 45.3 Å². The molecule has 0 radical (unpaired) electrons. The molecule has 2 N–H and O–H groups in total.